The number of benzene rings is 3. The highest BCUT2D eigenvalue weighted by atomic mass is 35.5. The number of hydrogen-bond donors (Lipinski definition) is 2. The molecular formula is C16H10ClN3O4S. The second-order valence-corrected chi connectivity index (χ2v) is 7.35. The Balaban J connectivity index is 1.86. The maximum Gasteiger partial charge on any atom is 0.264 e. The van der Waals surface area contributed by atoms with E-state index in [0.29, 0.717) is 16.5 Å². The summed E-state index contributed by atoms with van der Waals surface area (Å²) in [7, 11) is -3.98. The Bertz CT molecular complexity index is 1220. The number of anilines is 1. The van der Waals surface area contributed by atoms with Gasteiger partial charge in [-0.15, -0.1) is 0 Å². The van der Waals surface area contributed by atoms with Crippen molar-refractivity contribution >= 4 is 49.1 Å². The highest BCUT2D eigenvalue weighted by Crippen LogP contribution is 2.33. The third-order valence-electron chi connectivity index (χ3n) is 3.76. The third kappa shape index (κ3) is 2.55. The van der Waals surface area contributed by atoms with E-state index in [1.165, 1.54) is 24.3 Å². The van der Waals surface area contributed by atoms with Gasteiger partial charge in [0.25, 0.3) is 10.0 Å². The van der Waals surface area contributed by atoms with Crippen molar-refractivity contribution in [3.05, 3.63) is 53.6 Å². The number of phenols is 1. The van der Waals surface area contributed by atoms with Gasteiger partial charge in [-0.3, -0.25) is 4.72 Å². The summed E-state index contributed by atoms with van der Waals surface area (Å²) in [5, 5.41) is 18.5. The van der Waals surface area contributed by atoms with E-state index in [2.05, 4.69) is 19.7 Å². The second-order valence-electron chi connectivity index (χ2n) is 5.29. The van der Waals surface area contributed by atoms with E-state index in [1.54, 1.807) is 24.3 Å². The van der Waals surface area contributed by atoms with Gasteiger partial charge < -0.3 is 5.11 Å². The Morgan fingerprint density at radius 2 is 1.68 bits per heavy atom. The number of aromatic hydroxyl groups is 1. The van der Waals surface area contributed by atoms with E-state index >= 15 is 0 Å². The Morgan fingerprint density at radius 1 is 0.960 bits per heavy atom. The molecule has 0 unspecified atom stereocenters. The molecule has 7 nitrogen and oxygen atoms in total. The lowest BCUT2D eigenvalue weighted by atomic mass is 10.1. The van der Waals surface area contributed by atoms with Gasteiger partial charge in [0.15, 0.2) is 11.0 Å². The predicted molar refractivity (Wildman–Crippen MR) is 93.2 cm³/mol. The van der Waals surface area contributed by atoms with Crippen molar-refractivity contribution in [2.24, 2.45) is 0 Å². The van der Waals surface area contributed by atoms with E-state index in [0.717, 1.165) is 0 Å². The number of rotatable bonds is 3. The normalized spacial score (nSPS) is 11.9. The molecule has 0 saturated carbocycles. The van der Waals surface area contributed by atoms with Gasteiger partial charge in [0.1, 0.15) is 10.6 Å². The molecule has 1 heterocycles. The minimum absolute atomic E-state index is 0.0445. The van der Waals surface area contributed by atoms with Gasteiger partial charge in [-0.1, -0.05) is 35.9 Å². The number of halogens is 1. The largest absolute Gasteiger partial charge is 0.507 e. The molecule has 9 heteroatoms. The van der Waals surface area contributed by atoms with Crippen molar-refractivity contribution in [3.63, 3.8) is 0 Å². The zero-order valence-corrected chi connectivity index (χ0v) is 14.0. The first kappa shape index (κ1) is 15.7. The molecule has 126 valence electrons. The molecule has 4 aromatic rings. The molecule has 4 rings (SSSR count). The minimum atomic E-state index is -3.98. The molecule has 25 heavy (non-hydrogen) atoms. The summed E-state index contributed by atoms with van der Waals surface area (Å²) in [5.41, 5.74) is 0.538. The first-order chi connectivity index (χ1) is 12.0. The van der Waals surface area contributed by atoms with Crippen LogP contribution in [0.4, 0.5) is 5.69 Å². The number of sulfonamides is 1. The van der Waals surface area contributed by atoms with Gasteiger partial charge in [-0.05, 0) is 34.6 Å². The molecule has 0 aliphatic carbocycles. The Labute approximate surface area is 146 Å². The summed E-state index contributed by atoms with van der Waals surface area (Å²) in [6.45, 7) is 0. The van der Waals surface area contributed by atoms with Crippen LogP contribution in [0.15, 0.2) is 58.1 Å². The summed E-state index contributed by atoms with van der Waals surface area (Å²) in [6.07, 6.45) is 0. The van der Waals surface area contributed by atoms with Crippen molar-refractivity contribution in [2.45, 2.75) is 4.90 Å². The fourth-order valence-corrected chi connectivity index (χ4v) is 4.00. The van der Waals surface area contributed by atoms with Gasteiger partial charge in [-0.25, -0.2) is 13.0 Å². The Morgan fingerprint density at radius 3 is 2.48 bits per heavy atom. The summed E-state index contributed by atoms with van der Waals surface area (Å²) >= 11 is 5.97. The summed E-state index contributed by atoms with van der Waals surface area (Å²) in [5.74, 6) is 0.0631. The van der Waals surface area contributed by atoms with Gasteiger partial charge in [0.05, 0.1) is 10.7 Å². The predicted octanol–water partition coefficient (Wildman–Crippen LogP) is 3.54. The van der Waals surface area contributed by atoms with Crippen LogP contribution in [0.2, 0.25) is 5.02 Å². The van der Waals surface area contributed by atoms with Gasteiger partial charge in [-0.2, -0.15) is 0 Å². The number of fused-ring (bicyclic) bond motifs is 2. The van der Waals surface area contributed by atoms with Crippen LogP contribution in [-0.2, 0) is 10.0 Å². The third-order valence-corrected chi connectivity index (χ3v) is 5.47. The van der Waals surface area contributed by atoms with Crippen LogP contribution in [0.25, 0.3) is 21.8 Å². The average molecular weight is 376 g/mol. The van der Waals surface area contributed by atoms with E-state index in [-0.39, 0.29) is 26.7 Å². The molecular weight excluding hydrogens is 366 g/mol. The van der Waals surface area contributed by atoms with Crippen molar-refractivity contribution in [3.8, 4) is 5.75 Å². The zero-order chi connectivity index (χ0) is 17.6. The molecule has 0 radical (unpaired) electrons. The molecule has 0 amide bonds. The van der Waals surface area contributed by atoms with Crippen LogP contribution >= 0.6 is 11.6 Å². The molecule has 0 bridgehead atoms. The number of aromatic nitrogens is 2. The van der Waals surface area contributed by atoms with Crippen LogP contribution in [0.3, 0.4) is 0 Å². The molecule has 3 aromatic carbocycles. The highest BCUT2D eigenvalue weighted by molar-refractivity contribution is 7.93. The van der Waals surface area contributed by atoms with Gasteiger partial charge in [0.2, 0.25) is 0 Å². The van der Waals surface area contributed by atoms with Crippen molar-refractivity contribution in [1.29, 1.82) is 0 Å². The van der Waals surface area contributed by atoms with E-state index < -0.39 is 10.0 Å². The number of hydrogen-bond acceptors (Lipinski definition) is 6. The standard InChI is InChI=1S/C16H10ClN3O4S/c17-11-5-8-14(16-15(11)18-24-19-16)25(22,23)20-12-6-7-13(21)10-4-2-1-3-9(10)12/h1-8,20-21H. The first-order valence-electron chi connectivity index (χ1n) is 7.12. The minimum Gasteiger partial charge on any atom is -0.507 e. The summed E-state index contributed by atoms with van der Waals surface area (Å²) in [6, 6.07) is 12.6. The Hall–Kier alpha value is -2.84. The molecule has 0 atom stereocenters. The summed E-state index contributed by atoms with van der Waals surface area (Å²) in [4.78, 5) is -0.106. The molecule has 2 N–H and O–H groups in total. The second kappa shape index (κ2) is 5.61. The molecule has 0 saturated heterocycles. The van der Waals surface area contributed by atoms with Crippen molar-refractivity contribution in [2.75, 3.05) is 4.72 Å². The molecule has 1 aromatic heterocycles. The molecule has 0 aliphatic heterocycles. The lowest BCUT2D eigenvalue weighted by Crippen LogP contribution is -2.13. The lowest BCUT2D eigenvalue weighted by Gasteiger charge is -2.12. The number of nitrogens with one attached hydrogen (secondary N) is 1. The van der Waals surface area contributed by atoms with Crippen LogP contribution in [0.1, 0.15) is 0 Å². The van der Waals surface area contributed by atoms with Crippen molar-refractivity contribution < 1.29 is 18.2 Å². The fourth-order valence-electron chi connectivity index (χ4n) is 2.60. The average Bonchev–Trinajstić information content (AvgIpc) is 3.08. The number of phenolic OH excluding ortho intramolecular Hbond substituents is 1. The monoisotopic (exact) mass is 375 g/mol. The van der Waals surface area contributed by atoms with E-state index in [9.17, 15) is 13.5 Å². The molecule has 0 spiro atoms. The zero-order valence-electron chi connectivity index (χ0n) is 12.5. The lowest BCUT2D eigenvalue weighted by molar-refractivity contribution is 0.315. The highest BCUT2D eigenvalue weighted by Gasteiger charge is 2.23. The first-order valence-corrected chi connectivity index (χ1v) is 8.98. The maximum absolute atomic E-state index is 12.8. The number of nitrogens with zero attached hydrogens (tertiary/aromatic N) is 2. The van der Waals surface area contributed by atoms with Crippen molar-refractivity contribution in [1.82, 2.24) is 10.3 Å². The topological polar surface area (TPSA) is 105 Å². The smallest absolute Gasteiger partial charge is 0.264 e. The summed E-state index contributed by atoms with van der Waals surface area (Å²) < 4.78 is 32.8. The van der Waals surface area contributed by atoms with Gasteiger partial charge >= 0.3 is 0 Å². The quantitative estimate of drug-likeness (QED) is 0.530. The van der Waals surface area contributed by atoms with E-state index in [4.69, 9.17) is 11.6 Å². The van der Waals surface area contributed by atoms with E-state index in [1.807, 2.05) is 0 Å². The molecule has 0 fully saturated rings. The fraction of sp³-hybridized carbons (Fsp3) is 0. The maximum atomic E-state index is 12.8. The van der Waals surface area contributed by atoms with Crippen LogP contribution in [0.5, 0.6) is 5.75 Å². The SMILES string of the molecule is O=S(=O)(Nc1ccc(O)c2ccccc12)c1ccc(Cl)c2nonc12. The van der Waals surface area contributed by atoms with Crippen LogP contribution < -0.4 is 4.72 Å². The van der Waals surface area contributed by atoms with Crippen LogP contribution in [0, 0.1) is 0 Å². The Kier molecular flexibility index (Phi) is 3.52. The van der Waals surface area contributed by atoms with Crippen LogP contribution in [-0.4, -0.2) is 23.8 Å². The van der Waals surface area contributed by atoms with Gasteiger partial charge in [0, 0.05) is 10.8 Å². The molecule has 0 aliphatic rings.